The highest BCUT2D eigenvalue weighted by molar-refractivity contribution is 6.32. The van der Waals surface area contributed by atoms with Gasteiger partial charge in [0, 0.05) is 23.1 Å². The summed E-state index contributed by atoms with van der Waals surface area (Å²) >= 11 is 0. The molecule has 26 heavy (non-hydrogen) atoms. The molecule has 0 fully saturated rings. The molecule has 0 atom stereocenters. The maximum Gasteiger partial charge on any atom is 0.247 e. The Morgan fingerprint density at radius 2 is 1.58 bits per heavy atom. The Hall–Kier alpha value is -3.61. The molecule has 0 saturated carbocycles. The van der Waals surface area contributed by atoms with Crippen molar-refractivity contribution in [3.63, 3.8) is 0 Å². The van der Waals surface area contributed by atoms with Gasteiger partial charge < -0.3 is 16.0 Å². The third kappa shape index (κ3) is 4.70. The summed E-state index contributed by atoms with van der Waals surface area (Å²) in [6.07, 6.45) is 2.73. The molecule has 0 radical (unpaired) electrons. The van der Waals surface area contributed by atoms with Crippen molar-refractivity contribution in [3.05, 3.63) is 73.6 Å². The van der Waals surface area contributed by atoms with Gasteiger partial charge in [-0.05, 0) is 42.5 Å². The lowest BCUT2D eigenvalue weighted by Crippen LogP contribution is -2.07. The topological polar surface area (TPSA) is 78.9 Å². The zero-order chi connectivity index (χ0) is 18.4. The minimum absolute atomic E-state index is 0.242. The molecule has 3 aromatic rings. The largest absolute Gasteiger partial charge is 0.340 e. The van der Waals surface area contributed by atoms with E-state index in [0.29, 0.717) is 17.3 Å². The van der Waals surface area contributed by atoms with Gasteiger partial charge >= 0.3 is 0 Å². The van der Waals surface area contributed by atoms with Crippen LogP contribution in [-0.4, -0.2) is 23.7 Å². The van der Waals surface area contributed by atoms with E-state index in [1.165, 1.54) is 17.9 Å². The van der Waals surface area contributed by atoms with E-state index >= 15 is 0 Å². The SMILES string of the molecule is Bc1cccc(Nc2cc(Nc3ccc(NC(=O)C=C)cc3)ncn2)c1. The number of benzene rings is 2. The average molecular weight is 343 g/mol. The number of anilines is 5. The van der Waals surface area contributed by atoms with E-state index in [-0.39, 0.29) is 5.91 Å². The zero-order valence-corrected chi connectivity index (χ0v) is 14.4. The van der Waals surface area contributed by atoms with Crippen LogP contribution < -0.4 is 21.4 Å². The van der Waals surface area contributed by atoms with E-state index in [2.05, 4.69) is 32.5 Å². The molecule has 1 aromatic heterocycles. The summed E-state index contributed by atoms with van der Waals surface area (Å²) in [5.41, 5.74) is 3.69. The van der Waals surface area contributed by atoms with E-state index in [9.17, 15) is 4.79 Å². The van der Waals surface area contributed by atoms with Crippen LogP contribution in [0, 0.1) is 0 Å². The van der Waals surface area contributed by atoms with E-state index in [4.69, 9.17) is 0 Å². The Balaban J connectivity index is 1.68. The summed E-state index contributed by atoms with van der Waals surface area (Å²) < 4.78 is 0. The maximum absolute atomic E-state index is 11.3. The van der Waals surface area contributed by atoms with Crippen LogP contribution in [0.2, 0.25) is 0 Å². The second kappa shape index (κ2) is 7.98. The average Bonchev–Trinajstić information content (AvgIpc) is 2.63. The molecule has 0 saturated heterocycles. The lowest BCUT2D eigenvalue weighted by Gasteiger charge is -2.10. The molecule has 1 heterocycles. The third-order valence-electron chi connectivity index (χ3n) is 3.57. The van der Waals surface area contributed by atoms with Gasteiger partial charge in [0.15, 0.2) is 0 Å². The van der Waals surface area contributed by atoms with Crippen molar-refractivity contribution in [2.24, 2.45) is 0 Å². The first kappa shape index (κ1) is 17.2. The molecule has 0 spiro atoms. The first-order valence-corrected chi connectivity index (χ1v) is 8.08. The Morgan fingerprint density at radius 3 is 2.23 bits per heavy atom. The molecule has 3 rings (SSSR count). The van der Waals surface area contributed by atoms with Crippen molar-refractivity contribution in [2.75, 3.05) is 16.0 Å². The van der Waals surface area contributed by atoms with Crippen LogP contribution >= 0.6 is 0 Å². The third-order valence-corrected chi connectivity index (χ3v) is 3.57. The molecule has 128 valence electrons. The minimum Gasteiger partial charge on any atom is -0.340 e. The lowest BCUT2D eigenvalue weighted by molar-refractivity contribution is -0.111. The fourth-order valence-electron chi connectivity index (χ4n) is 2.34. The second-order valence-corrected chi connectivity index (χ2v) is 5.68. The van der Waals surface area contributed by atoms with E-state index in [1.54, 1.807) is 12.1 Å². The highest BCUT2D eigenvalue weighted by Gasteiger charge is 2.02. The second-order valence-electron chi connectivity index (χ2n) is 5.68. The smallest absolute Gasteiger partial charge is 0.247 e. The van der Waals surface area contributed by atoms with Gasteiger partial charge in [0.2, 0.25) is 5.91 Å². The van der Waals surface area contributed by atoms with Gasteiger partial charge in [-0.2, -0.15) is 0 Å². The number of amides is 1. The van der Waals surface area contributed by atoms with Crippen LogP contribution in [0.4, 0.5) is 28.7 Å². The first-order valence-electron chi connectivity index (χ1n) is 8.08. The van der Waals surface area contributed by atoms with E-state index < -0.39 is 0 Å². The number of carbonyl (C=O) groups is 1. The normalized spacial score (nSPS) is 10.0. The van der Waals surface area contributed by atoms with Crippen LogP contribution in [0.15, 0.2) is 73.6 Å². The predicted octanol–water partition coefficient (Wildman–Crippen LogP) is 2.35. The molecule has 0 unspecified atom stereocenters. The summed E-state index contributed by atoms with van der Waals surface area (Å²) in [5.74, 6) is 1.12. The molecule has 3 N–H and O–H groups in total. The summed E-state index contributed by atoms with van der Waals surface area (Å²) in [4.78, 5) is 19.8. The van der Waals surface area contributed by atoms with Gasteiger partial charge in [0.25, 0.3) is 0 Å². The van der Waals surface area contributed by atoms with Gasteiger partial charge in [-0.1, -0.05) is 24.2 Å². The van der Waals surface area contributed by atoms with Crippen LogP contribution in [-0.2, 0) is 4.79 Å². The van der Waals surface area contributed by atoms with E-state index in [0.717, 1.165) is 11.4 Å². The molecule has 0 aliphatic carbocycles. The van der Waals surface area contributed by atoms with Crippen molar-refractivity contribution in [3.8, 4) is 0 Å². The lowest BCUT2D eigenvalue weighted by atomic mass is 9.96. The summed E-state index contributed by atoms with van der Waals surface area (Å²) in [6, 6.07) is 17.2. The molecule has 0 aliphatic rings. The van der Waals surface area contributed by atoms with Gasteiger partial charge in [-0.15, -0.1) is 0 Å². The van der Waals surface area contributed by atoms with Crippen molar-refractivity contribution >= 4 is 47.9 Å². The molecular weight excluding hydrogens is 325 g/mol. The Bertz CT molecular complexity index is 927. The number of hydrogen-bond acceptors (Lipinski definition) is 5. The van der Waals surface area contributed by atoms with Crippen LogP contribution in [0.25, 0.3) is 0 Å². The van der Waals surface area contributed by atoms with Crippen molar-refractivity contribution < 1.29 is 4.79 Å². The highest BCUT2D eigenvalue weighted by Crippen LogP contribution is 2.20. The van der Waals surface area contributed by atoms with E-state index in [1.807, 2.05) is 50.3 Å². The first-order chi connectivity index (χ1) is 12.6. The Kier molecular flexibility index (Phi) is 5.29. The summed E-state index contributed by atoms with van der Waals surface area (Å²) in [7, 11) is 2.04. The number of rotatable bonds is 6. The van der Waals surface area contributed by atoms with Gasteiger partial charge in [-0.3, -0.25) is 4.79 Å². The molecule has 0 bridgehead atoms. The van der Waals surface area contributed by atoms with Gasteiger partial charge in [0.05, 0.1) is 0 Å². The Labute approximate surface area is 152 Å². The molecular formula is C19H18BN5O. The maximum atomic E-state index is 11.3. The molecule has 7 heteroatoms. The van der Waals surface area contributed by atoms with Gasteiger partial charge in [-0.25, -0.2) is 9.97 Å². The predicted molar refractivity (Wildman–Crippen MR) is 108 cm³/mol. The number of aromatic nitrogens is 2. The minimum atomic E-state index is -0.242. The number of nitrogens with one attached hydrogen (secondary N) is 3. The fourth-order valence-corrected chi connectivity index (χ4v) is 2.34. The quantitative estimate of drug-likeness (QED) is 0.473. The van der Waals surface area contributed by atoms with Crippen LogP contribution in [0.5, 0.6) is 0 Å². The number of carbonyl (C=O) groups excluding carboxylic acids is 1. The standard InChI is InChI=1S/C19H18BN5O/c1-2-19(26)25-15-8-6-14(7-9-15)23-17-11-18(22-12-21-17)24-16-5-3-4-13(20)10-16/h2-12H,1,20H2,(H,25,26)(H2,21,22,23,24). The molecule has 0 aliphatic heterocycles. The zero-order valence-electron chi connectivity index (χ0n) is 14.4. The fraction of sp³-hybridized carbons (Fsp3) is 0. The van der Waals surface area contributed by atoms with Crippen molar-refractivity contribution in [1.29, 1.82) is 0 Å². The molecule has 1 amide bonds. The van der Waals surface area contributed by atoms with Crippen molar-refractivity contribution in [1.82, 2.24) is 9.97 Å². The molecule has 6 nitrogen and oxygen atoms in total. The van der Waals surface area contributed by atoms with Crippen LogP contribution in [0.1, 0.15) is 0 Å². The van der Waals surface area contributed by atoms with Crippen LogP contribution in [0.3, 0.4) is 0 Å². The summed E-state index contributed by atoms with van der Waals surface area (Å²) in [6.45, 7) is 3.43. The summed E-state index contributed by atoms with van der Waals surface area (Å²) in [5, 5.41) is 9.18. The monoisotopic (exact) mass is 343 g/mol. The molecule has 2 aromatic carbocycles. The van der Waals surface area contributed by atoms with Crippen molar-refractivity contribution in [2.45, 2.75) is 0 Å². The number of nitrogens with zero attached hydrogens (tertiary/aromatic N) is 2. The highest BCUT2D eigenvalue weighted by atomic mass is 16.1. The number of hydrogen-bond donors (Lipinski definition) is 3. The Morgan fingerprint density at radius 1 is 0.923 bits per heavy atom. The van der Waals surface area contributed by atoms with Gasteiger partial charge in [0.1, 0.15) is 25.8 Å².